The molecule has 1 rings (SSSR count). The molecule has 2 N–H and O–H groups in total. The van der Waals surface area contributed by atoms with Gasteiger partial charge >= 0.3 is 0 Å². The fraction of sp³-hybridized carbons (Fsp3) is 0.591. The molecule has 160 valence electrons. The van der Waals surface area contributed by atoms with E-state index in [1.165, 1.54) is 5.56 Å². The van der Waals surface area contributed by atoms with E-state index in [9.17, 15) is 9.90 Å². The smallest absolute Gasteiger partial charge is 0.179 e. The van der Waals surface area contributed by atoms with Gasteiger partial charge in [-0.2, -0.15) is 0 Å². The van der Waals surface area contributed by atoms with E-state index in [0.29, 0.717) is 12.2 Å². The van der Waals surface area contributed by atoms with Gasteiger partial charge in [-0.1, -0.05) is 35.9 Å². The second-order valence-electron chi connectivity index (χ2n) is 6.86. The van der Waals surface area contributed by atoms with Crippen LogP contribution in [-0.2, 0) is 25.9 Å². The molecular weight excluding hydrogens is 522 g/mol. The van der Waals surface area contributed by atoms with Crippen molar-refractivity contribution in [2.45, 2.75) is 53.6 Å². The Labute approximate surface area is 186 Å². The number of aliphatic hydroxyl groups is 1. The number of carbonyl (C=O) groups excluding carboxylic acids is 1. The Kier molecular flexibility index (Phi) is 17.1. The molecule has 5 nitrogen and oxygen atoms in total. The Hall–Kier alpha value is -1.32. The van der Waals surface area contributed by atoms with Crippen LogP contribution in [0.25, 0.3) is 0 Å². The molecule has 0 heterocycles. The predicted octanol–water partition coefficient (Wildman–Crippen LogP) is 3.39. The summed E-state index contributed by atoms with van der Waals surface area (Å²) in [4.78, 5) is 16.1. The summed E-state index contributed by atoms with van der Waals surface area (Å²) in [6.45, 7) is 12.0. The summed E-state index contributed by atoms with van der Waals surface area (Å²) in [5.74, 6) is 0.970. The number of hydrogen-bond donors (Lipinski definition) is 2. The van der Waals surface area contributed by atoms with Gasteiger partial charge in [0.25, 0.3) is 0 Å². The van der Waals surface area contributed by atoms with Crippen LogP contribution in [0.4, 0.5) is 0 Å². The van der Waals surface area contributed by atoms with Crippen LogP contribution < -0.4 is 5.32 Å². The van der Waals surface area contributed by atoms with Crippen molar-refractivity contribution < 1.29 is 31.0 Å². The van der Waals surface area contributed by atoms with Crippen LogP contribution in [0.5, 0.6) is 0 Å². The molecule has 0 spiro atoms. The number of hydrogen-bond acceptors (Lipinski definition) is 5. The summed E-state index contributed by atoms with van der Waals surface area (Å²) in [6, 6.07) is 10.3. The third-order valence-corrected chi connectivity index (χ3v) is 4.29. The minimum absolute atomic E-state index is 0. The average Bonchev–Trinajstić information content (AvgIpc) is 2.63. The van der Waals surface area contributed by atoms with Gasteiger partial charge in [0.15, 0.2) is 5.78 Å². The van der Waals surface area contributed by atoms with Crippen LogP contribution in [0.1, 0.15) is 46.1 Å². The minimum Gasteiger partial charge on any atom is -0.393 e. The second-order valence-corrected chi connectivity index (χ2v) is 6.86. The number of nitrogens with one attached hydrogen (secondary N) is 1. The molecule has 0 aliphatic heterocycles. The number of rotatable bonds is 10. The summed E-state index contributed by atoms with van der Waals surface area (Å²) in [6.07, 6.45) is 1.28. The molecule has 0 amide bonds. The third kappa shape index (κ3) is 12.2. The van der Waals surface area contributed by atoms with Crippen LogP contribution >= 0.6 is 0 Å². The standard InChI is InChI=1S/C15H31N3O2.C7H8.W/c1-7-17(5)15(18(6)8-2)14(13(4)20)16-11-9-10-12(3)19;1-7-5-3-2-4-6-7;/h12,16,19H,7-11H2,1-6H3;2-6H,1H3;. The first kappa shape index (κ1) is 28.9. The Morgan fingerprint density at radius 2 is 1.61 bits per heavy atom. The number of aliphatic hydroxyl groups excluding tert-OH is 1. The molecule has 0 radical (unpaired) electrons. The van der Waals surface area contributed by atoms with E-state index in [0.717, 1.165) is 31.8 Å². The molecule has 1 aromatic carbocycles. The first-order valence-corrected chi connectivity index (χ1v) is 9.85. The fourth-order valence-corrected chi connectivity index (χ4v) is 2.48. The van der Waals surface area contributed by atoms with E-state index < -0.39 is 0 Å². The molecule has 0 bridgehead atoms. The molecule has 0 aliphatic carbocycles. The number of carbonyl (C=O) groups is 1. The van der Waals surface area contributed by atoms with Crippen molar-refractivity contribution in [2.75, 3.05) is 33.7 Å². The number of benzene rings is 1. The van der Waals surface area contributed by atoms with Crippen LogP contribution in [0, 0.1) is 6.92 Å². The Morgan fingerprint density at radius 3 is 1.93 bits per heavy atom. The first-order valence-electron chi connectivity index (χ1n) is 9.85. The van der Waals surface area contributed by atoms with Crippen LogP contribution in [-0.4, -0.2) is 60.5 Å². The van der Waals surface area contributed by atoms with Crippen molar-refractivity contribution in [1.82, 2.24) is 15.1 Å². The number of allylic oxidation sites excluding steroid dienone is 1. The van der Waals surface area contributed by atoms with Gasteiger partial charge in [-0.25, -0.2) is 0 Å². The zero-order valence-corrected chi connectivity index (χ0v) is 21.6. The third-order valence-electron chi connectivity index (χ3n) is 4.29. The number of ketones is 1. The molecule has 1 atom stereocenters. The van der Waals surface area contributed by atoms with Crippen molar-refractivity contribution in [3.8, 4) is 0 Å². The maximum atomic E-state index is 11.9. The zero-order chi connectivity index (χ0) is 20.8. The van der Waals surface area contributed by atoms with Gasteiger partial charge in [0.1, 0.15) is 11.5 Å². The van der Waals surface area contributed by atoms with Crippen molar-refractivity contribution in [3.63, 3.8) is 0 Å². The summed E-state index contributed by atoms with van der Waals surface area (Å²) in [7, 11) is 3.98. The van der Waals surface area contributed by atoms with Crippen LogP contribution in [0.3, 0.4) is 0 Å². The van der Waals surface area contributed by atoms with Gasteiger partial charge in [-0.15, -0.1) is 0 Å². The monoisotopic (exact) mass is 561 g/mol. The van der Waals surface area contributed by atoms with E-state index in [1.807, 2.05) is 32.3 Å². The van der Waals surface area contributed by atoms with Gasteiger partial charge in [0, 0.05) is 61.7 Å². The minimum atomic E-state index is -0.294. The van der Waals surface area contributed by atoms with Crippen molar-refractivity contribution in [2.24, 2.45) is 0 Å². The summed E-state index contributed by atoms with van der Waals surface area (Å²) in [5.41, 5.74) is 1.98. The number of Topliss-reactive ketones (excluding diaryl/α,β-unsaturated/α-hetero) is 1. The van der Waals surface area contributed by atoms with E-state index in [-0.39, 0.29) is 33.0 Å². The summed E-state index contributed by atoms with van der Waals surface area (Å²) < 4.78 is 0. The number of nitrogens with zero attached hydrogens (tertiary/aromatic N) is 2. The molecule has 1 aromatic rings. The van der Waals surface area contributed by atoms with E-state index >= 15 is 0 Å². The molecule has 0 aromatic heterocycles. The molecule has 0 saturated carbocycles. The number of aryl methyl sites for hydroxylation is 1. The van der Waals surface area contributed by atoms with Crippen LogP contribution in [0.2, 0.25) is 0 Å². The Morgan fingerprint density at radius 1 is 1.11 bits per heavy atom. The average molecular weight is 561 g/mol. The second kappa shape index (κ2) is 16.6. The molecular formula is C22H39N3O2W. The SMILES string of the molecule is CCN(C)C(=C(NCCCC(C)O)C(C)=O)N(C)CC.Cc1ccccc1.[W]. The van der Waals surface area contributed by atoms with E-state index in [2.05, 4.69) is 48.0 Å². The van der Waals surface area contributed by atoms with Gasteiger partial charge in [-0.3, -0.25) is 4.79 Å². The topological polar surface area (TPSA) is 55.8 Å². The molecule has 0 fully saturated rings. The van der Waals surface area contributed by atoms with Gasteiger partial charge < -0.3 is 20.2 Å². The van der Waals surface area contributed by atoms with E-state index in [4.69, 9.17) is 0 Å². The van der Waals surface area contributed by atoms with Crippen molar-refractivity contribution in [1.29, 1.82) is 0 Å². The fourth-order valence-electron chi connectivity index (χ4n) is 2.48. The quantitative estimate of drug-likeness (QED) is 0.339. The van der Waals surface area contributed by atoms with E-state index in [1.54, 1.807) is 13.8 Å². The van der Waals surface area contributed by atoms with Crippen molar-refractivity contribution in [3.05, 3.63) is 47.4 Å². The largest absolute Gasteiger partial charge is 0.393 e. The molecule has 0 saturated heterocycles. The van der Waals surface area contributed by atoms with Crippen molar-refractivity contribution >= 4 is 5.78 Å². The molecule has 1 unspecified atom stereocenters. The first-order chi connectivity index (χ1) is 12.7. The normalized spacial score (nSPS) is 10.6. The zero-order valence-electron chi connectivity index (χ0n) is 18.7. The summed E-state index contributed by atoms with van der Waals surface area (Å²) in [5, 5.41) is 12.5. The Bertz CT molecular complexity index is 550. The molecule has 28 heavy (non-hydrogen) atoms. The van der Waals surface area contributed by atoms with Gasteiger partial charge in [-0.05, 0) is 40.5 Å². The van der Waals surface area contributed by atoms with Gasteiger partial charge in [0.05, 0.1) is 6.10 Å². The predicted molar refractivity (Wildman–Crippen MR) is 114 cm³/mol. The maximum Gasteiger partial charge on any atom is 0.179 e. The summed E-state index contributed by atoms with van der Waals surface area (Å²) >= 11 is 0. The maximum absolute atomic E-state index is 11.9. The van der Waals surface area contributed by atoms with Crippen LogP contribution in [0.15, 0.2) is 41.8 Å². The molecule has 0 aliphatic rings. The Balaban J connectivity index is 0. The van der Waals surface area contributed by atoms with Gasteiger partial charge in [0.2, 0.25) is 0 Å². The molecule has 6 heteroatoms.